The predicted molar refractivity (Wildman–Crippen MR) is 87.0 cm³/mol. The molecular weight excluding hydrogens is 295 g/mol. The van der Waals surface area contributed by atoms with Crippen LogP contribution in [0.1, 0.15) is 38.7 Å². The summed E-state index contributed by atoms with van der Waals surface area (Å²) in [4.78, 5) is 26.1. The third-order valence-electron chi connectivity index (χ3n) is 4.18. The zero-order valence-corrected chi connectivity index (χ0v) is 13.8. The number of nitrogens with zero attached hydrogens (tertiary/aromatic N) is 1. The Balaban J connectivity index is 1.75. The van der Waals surface area contributed by atoms with Crippen molar-refractivity contribution in [1.82, 2.24) is 10.2 Å². The van der Waals surface area contributed by atoms with Crippen molar-refractivity contribution in [2.24, 2.45) is 11.8 Å². The Morgan fingerprint density at radius 2 is 1.83 bits per heavy atom. The summed E-state index contributed by atoms with van der Waals surface area (Å²) in [7, 11) is 0. The smallest absolute Gasteiger partial charge is 0.223 e. The van der Waals surface area contributed by atoms with E-state index in [9.17, 15) is 14.0 Å². The molecule has 0 saturated carbocycles. The molecule has 1 saturated heterocycles. The number of benzene rings is 1. The van der Waals surface area contributed by atoms with E-state index in [1.54, 1.807) is 12.1 Å². The van der Waals surface area contributed by atoms with E-state index in [1.807, 2.05) is 18.7 Å². The van der Waals surface area contributed by atoms with Gasteiger partial charge >= 0.3 is 0 Å². The first-order valence-electron chi connectivity index (χ1n) is 8.25. The zero-order chi connectivity index (χ0) is 16.8. The molecular formula is C18H25FN2O2. The lowest BCUT2D eigenvalue weighted by Crippen LogP contribution is -2.43. The fraction of sp³-hybridized carbons (Fsp3) is 0.556. The molecule has 0 aromatic heterocycles. The second-order valence-corrected chi connectivity index (χ2v) is 6.60. The Morgan fingerprint density at radius 1 is 1.22 bits per heavy atom. The van der Waals surface area contributed by atoms with Crippen LogP contribution in [0, 0.1) is 17.7 Å². The van der Waals surface area contributed by atoms with Gasteiger partial charge in [0.05, 0.1) is 0 Å². The minimum absolute atomic E-state index is 0.0188. The van der Waals surface area contributed by atoms with E-state index < -0.39 is 0 Å². The third-order valence-corrected chi connectivity index (χ3v) is 4.18. The van der Waals surface area contributed by atoms with Crippen LogP contribution in [0.4, 0.5) is 4.39 Å². The number of hydrogen-bond acceptors (Lipinski definition) is 2. The molecule has 1 aliphatic heterocycles. The third kappa shape index (κ3) is 5.34. The molecule has 5 heteroatoms. The van der Waals surface area contributed by atoms with Gasteiger partial charge in [-0.25, -0.2) is 4.39 Å². The first-order chi connectivity index (χ1) is 11.0. The number of carbonyl (C=O) groups excluding carboxylic acids is 2. The van der Waals surface area contributed by atoms with Gasteiger partial charge < -0.3 is 10.2 Å². The van der Waals surface area contributed by atoms with E-state index in [4.69, 9.17) is 0 Å². The van der Waals surface area contributed by atoms with Gasteiger partial charge in [-0.2, -0.15) is 0 Å². The average molecular weight is 320 g/mol. The minimum Gasteiger partial charge on any atom is -0.352 e. The van der Waals surface area contributed by atoms with Crippen molar-refractivity contribution >= 4 is 11.8 Å². The van der Waals surface area contributed by atoms with Crippen molar-refractivity contribution < 1.29 is 14.0 Å². The maximum Gasteiger partial charge on any atom is 0.223 e. The van der Waals surface area contributed by atoms with Gasteiger partial charge in [0.15, 0.2) is 0 Å². The molecule has 126 valence electrons. The van der Waals surface area contributed by atoms with Crippen LogP contribution < -0.4 is 5.32 Å². The minimum atomic E-state index is -0.279. The normalized spacial score (nSPS) is 15.7. The fourth-order valence-corrected chi connectivity index (χ4v) is 2.81. The lowest BCUT2D eigenvalue weighted by Gasteiger charge is -2.31. The summed E-state index contributed by atoms with van der Waals surface area (Å²) in [5.74, 6) is 0.242. The van der Waals surface area contributed by atoms with E-state index in [-0.39, 0.29) is 23.5 Å². The van der Waals surface area contributed by atoms with Gasteiger partial charge in [0.1, 0.15) is 5.82 Å². The average Bonchev–Trinajstić information content (AvgIpc) is 2.53. The number of halogens is 1. The number of piperidine rings is 1. The number of carbonyl (C=O) groups is 2. The topological polar surface area (TPSA) is 49.4 Å². The summed E-state index contributed by atoms with van der Waals surface area (Å²) in [6.07, 6.45) is 1.99. The molecule has 2 rings (SSSR count). The number of hydrogen-bond donors (Lipinski definition) is 1. The molecule has 0 aliphatic carbocycles. The van der Waals surface area contributed by atoms with Gasteiger partial charge in [-0.3, -0.25) is 9.59 Å². The number of likely N-dealkylation sites (tertiary alicyclic amines) is 1. The van der Waals surface area contributed by atoms with Crippen LogP contribution in [0.2, 0.25) is 0 Å². The number of nitrogens with one attached hydrogen (secondary N) is 1. The Labute approximate surface area is 137 Å². The predicted octanol–water partition coefficient (Wildman–Crippen LogP) is 2.73. The SMILES string of the molecule is CC(C)CC(=O)N1CCC(C(=O)NCc2ccc(F)cc2)CC1. The van der Waals surface area contributed by atoms with Crippen LogP contribution in [0.5, 0.6) is 0 Å². The van der Waals surface area contributed by atoms with Crippen LogP contribution in [0.3, 0.4) is 0 Å². The highest BCUT2D eigenvalue weighted by molar-refractivity contribution is 5.80. The molecule has 1 aromatic carbocycles. The van der Waals surface area contributed by atoms with Crippen LogP contribution in [-0.2, 0) is 16.1 Å². The highest BCUT2D eigenvalue weighted by Gasteiger charge is 2.27. The van der Waals surface area contributed by atoms with Gasteiger partial charge in [-0.15, -0.1) is 0 Å². The van der Waals surface area contributed by atoms with Gasteiger partial charge in [0, 0.05) is 32.0 Å². The Kier molecular flexibility index (Phi) is 6.13. The van der Waals surface area contributed by atoms with Crippen molar-refractivity contribution in [2.45, 2.75) is 39.7 Å². The van der Waals surface area contributed by atoms with Crippen molar-refractivity contribution in [2.75, 3.05) is 13.1 Å². The molecule has 2 amide bonds. The van der Waals surface area contributed by atoms with Gasteiger partial charge in [-0.1, -0.05) is 26.0 Å². The largest absolute Gasteiger partial charge is 0.352 e. The van der Waals surface area contributed by atoms with E-state index in [0.717, 1.165) is 5.56 Å². The maximum absolute atomic E-state index is 12.8. The van der Waals surface area contributed by atoms with E-state index in [0.29, 0.717) is 44.8 Å². The first kappa shape index (κ1) is 17.4. The van der Waals surface area contributed by atoms with E-state index in [2.05, 4.69) is 5.32 Å². The van der Waals surface area contributed by atoms with Gasteiger partial charge in [0.25, 0.3) is 0 Å². The Hall–Kier alpha value is -1.91. The summed E-state index contributed by atoms with van der Waals surface area (Å²) in [5, 5.41) is 2.90. The van der Waals surface area contributed by atoms with Crippen molar-refractivity contribution in [1.29, 1.82) is 0 Å². The summed E-state index contributed by atoms with van der Waals surface area (Å²) in [5.41, 5.74) is 0.879. The summed E-state index contributed by atoms with van der Waals surface area (Å²) in [6, 6.07) is 6.12. The van der Waals surface area contributed by atoms with Crippen LogP contribution in [0.15, 0.2) is 24.3 Å². The quantitative estimate of drug-likeness (QED) is 0.907. The zero-order valence-electron chi connectivity index (χ0n) is 13.8. The molecule has 1 heterocycles. The lowest BCUT2D eigenvalue weighted by molar-refractivity contribution is -0.136. The molecule has 1 aliphatic rings. The summed E-state index contributed by atoms with van der Waals surface area (Å²) >= 11 is 0. The summed E-state index contributed by atoms with van der Waals surface area (Å²) < 4.78 is 12.8. The molecule has 1 fully saturated rings. The summed E-state index contributed by atoms with van der Waals surface area (Å²) in [6.45, 7) is 5.78. The highest BCUT2D eigenvalue weighted by Crippen LogP contribution is 2.19. The highest BCUT2D eigenvalue weighted by atomic mass is 19.1. The van der Waals surface area contributed by atoms with E-state index >= 15 is 0 Å². The molecule has 0 atom stereocenters. The second kappa shape index (κ2) is 8.09. The maximum atomic E-state index is 12.8. The molecule has 0 bridgehead atoms. The fourth-order valence-electron chi connectivity index (χ4n) is 2.81. The Morgan fingerprint density at radius 3 is 2.39 bits per heavy atom. The van der Waals surface area contributed by atoms with Crippen molar-refractivity contribution in [3.8, 4) is 0 Å². The monoisotopic (exact) mass is 320 g/mol. The first-order valence-corrected chi connectivity index (χ1v) is 8.25. The van der Waals surface area contributed by atoms with Gasteiger partial charge in [-0.05, 0) is 36.5 Å². The molecule has 0 spiro atoms. The lowest BCUT2D eigenvalue weighted by atomic mass is 9.95. The van der Waals surface area contributed by atoms with Crippen LogP contribution in [-0.4, -0.2) is 29.8 Å². The Bertz CT molecular complexity index is 534. The van der Waals surface area contributed by atoms with Crippen molar-refractivity contribution in [3.05, 3.63) is 35.6 Å². The standard InChI is InChI=1S/C18H25FN2O2/c1-13(2)11-17(22)21-9-7-15(8-10-21)18(23)20-12-14-3-5-16(19)6-4-14/h3-6,13,15H,7-12H2,1-2H3,(H,20,23). The van der Waals surface area contributed by atoms with Gasteiger partial charge in [0.2, 0.25) is 11.8 Å². The second-order valence-electron chi connectivity index (χ2n) is 6.60. The number of amides is 2. The van der Waals surface area contributed by atoms with Crippen LogP contribution in [0.25, 0.3) is 0 Å². The van der Waals surface area contributed by atoms with E-state index in [1.165, 1.54) is 12.1 Å². The molecule has 23 heavy (non-hydrogen) atoms. The molecule has 0 unspecified atom stereocenters. The molecule has 1 N–H and O–H groups in total. The molecule has 4 nitrogen and oxygen atoms in total. The van der Waals surface area contributed by atoms with Crippen molar-refractivity contribution in [3.63, 3.8) is 0 Å². The molecule has 0 radical (unpaired) electrons. The van der Waals surface area contributed by atoms with Crippen LogP contribution >= 0.6 is 0 Å². The molecule has 1 aromatic rings. The number of rotatable bonds is 5.